The van der Waals surface area contributed by atoms with Gasteiger partial charge >= 0.3 is 5.97 Å². The second-order valence-corrected chi connectivity index (χ2v) is 6.42. The number of halogens is 1. The molecule has 0 aliphatic carbocycles. The number of hydrogen-bond donors (Lipinski definition) is 1. The van der Waals surface area contributed by atoms with Crippen LogP contribution in [0.1, 0.15) is 23.3 Å². The Morgan fingerprint density at radius 1 is 1.48 bits per heavy atom. The topological polar surface area (TPSA) is 67.6 Å². The normalized spacial score (nSPS) is 20.3. The molecular formula is C16H18BrN3O3. The van der Waals surface area contributed by atoms with Crippen LogP contribution in [0.15, 0.2) is 41.1 Å². The lowest BCUT2D eigenvalue weighted by molar-refractivity contribution is -0.147. The third kappa shape index (κ3) is 3.46. The van der Waals surface area contributed by atoms with Gasteiger partial charge < -0.3 is 9.84 Å². The zero-order valence-corrected chi connectivity index (χ0v) is 14.3. The highest BCUT2D eigenvalue weighted by atomic mass is 79.9. The maximum atomic E-state index is 11.9. The van der Waals surface area contributed by atoms with Gasteiger partial charge in [0.05, 0.1) is 18.9 Å². The summed E-state index contributed by atoms with van der Waals surface area (Å²) < 4.78 is 8.33. The van der Waals surface area contributed by atoms with Crippen LogP contribution < -0.4 is 0 Å². The number of aliphatic carboxylic acids is 1. The molecule has 3 rings (SSSR count). The van der Waals surface area contributed by atoms with Crippen molar-refractivity contribution in [3.63, 3.8) is 0 Å². The highest BCUT2D eigenvalue weighted by Crippen LogP contribution is 2.32. The SMILES string of the molecule is Cn1cc(C2CN(C(C(=O)O)c3ccccc3Br)CCO2)cn1. The number of carboxylic acids is 1. The van der Waals surface area contributed by atoms with E-state index >= 15 is 0 Å². The first kappa shape index (κ1) is 16.2. The van der Waals surface area contributed by atoms with E-state index in [1.54, 1.807) is 10.9 Å². The highest BCUT2D eigenvalue weighted by molar-refractivity contribution is 9.10. The zero-order valence-electron chi connectivity index (χ0n) is 12.7. The second kappa shape index (κ2) is 6.82. The Balaban J connectivity index is 1.85. The van der Waals surface area contributed by atoms with Crippen molar-refractivity contribution in [3.8, 4) is 0 Å². The minimum absolute atomic E-state index is 0.165. The quantitative estimate of drug-likeness (QED) is 0.882. The van der Waals surface area contributed by atoms with E-state index in [1.165, 1.54) is 0 Å². The van der Waals surface area contributed by atoms with E-state index in [-0.39, 0.29) is 6.10 Å². The number of rotatable bonds is 4. The third-order valence-corrected chi connectivity index (χ3v) is 4.72. The van der Waals surface area contributed by atoms with Crippen LogP contribution in [0.5, 0.6) is 0 Å². The van der Waals surface area contributed by atoms with Crippen molar-refractivity contribution in [2.45, 2.75) is 12.1 Å². The first-order valence-electron chi connectivity index (χ1n) is 7.37. The van der Waals surface area contributed by atoms with Crippen LogP contribution in [0, 0.1) is 0 Å². The van der Waals surface area contributed by atoms with E-state index in [9.17, 15) is 9.90 Å². The largest absolute Gasteiger partial charge is 0.480 e. The fourth-order valence-electron chi connectivity index (χ4n) is 2.89. The van der Waals surface area contributed by atoms with Gasteiger partial charge in [-0.25, -0.2) is 0 Å². The summed E-state index contributed by atoms with van der Waals surface area (Å²) in [4.78, 5) is 13.8. The molecule has 1 saturated heterocycles. The van der Waals surface area contributed by atoms with Crippen LogP contribution in [0.25, 0.3) is 0 Å². The molecule has 2 atom stereocenters. The number of aryl methyl sites for hydroxylation is 1. The monoisotopic (exact) mass is 379 g/mol. The number of benzene rings is 1. The number of morpholine rings is 1. The van der Waals surface area contributed by atoms with Gasteiger partial charge in [-0.2, -0.15) is 5.10 Å². The Morgan fingerprint density at radius 3 is 2.91 bits per heavy atom. The van der Waals surface area contributed by atoms with E-state index in [4.69, 9.17) is 4.74 Å². The molecule has 2 unspecified atom stereocenters. The Kier molecular flexibility index (Phi) is 4.79. The van der Waals surface area contributed by atoms with Crippen molar-refractivity contribution < 1.29 is 14.6 Å². The first-order valence-corrected chi connectivity index (χ1v) is 8.17. The molecule has 1 N–H and O–H groups in total. The molecular weight excluding hydrogens is 362 g/mol. The first-order chi connectivity index (χ1) is 11.1. The van der Waals surface area contributed by atoms with Crippen LogP contribution in [0.2, 0.25) is 0 Å². The van der Waals surface area contributed by atoms with Crippen LogP contribution in [0.3, 0.4) is 0 Å². The van der Waals surface area contributed by atoms with Crippen LogP contribution in [-0.4, -0.2) is 45.5 Å². The molecule has 1 aliphatic rings. The van der Waals surface area contributed by atoms with Gasteiger partial charge in [0.2, 0.25) is 0 Å². The maximum absolute atomic E-state index is 11.9. The summed E-state index contributed by atoms with van der Waals surface area (Å²) in [5.41, 5.74) is 1.72. The molecule has 122 valence electrons. The van der Waals surface area contributed by atoms with Crippen LogP contribution in [-0.2, 0) is 16.6 Å². The molecule has 2 heterocycles. The van der Waals surface area contributed by atoms with Gasteiger partial charge in [0, 0.05) is 36.4 Å². The van der Waals surface area contributed by atoms with Crippen molar-refractivity contribution in [2.24, 2.45) is 7.05 Å². The molecule has 1 aromatic heterocycles. The fourth-order valence-corrected chi connectivity index (χ4v) is 3.40. The minimum Gasteiger partial charge on any atom is -0.480 e. The summed E-state index contributed by atoms with van der Waals surface area (Å²) in [5, 5.41) is 13.9. The average Bonchev–Trinajstić information content (AvgIpc) is 2.96. The van der Waals surface area contributed by atoms with Crippen molar-refractivity contribution in [2.75, 3.05) is 19.7 Å². The summed E-state index contributed by atoms with van der Waals surface area (Å²) in [6.07, 6.45) is 3.51. The van der Waals surface area contributed by atoms with Crippen molar-refractivity contribution in [1.29, 1.82) is 0 Å². The number of carbonyl (C=O) groups is 1. The van der Waals surface area contributed by atoms with Gasteiger partial charge in [-0.05, 0) is 11.6 Å². The number of nitrogens with zero attached hydrogens (tertiary/aromatic N) is 3. The number of ether oxygens (including phenoxy) is 1. The molecule has 0 radical (unpaired) electrons. The predicted molar refractivity (Wildman–Crippen MR) is 88.0 cm³/mol. The minimum atomic E-state index is -0.858. The molecule has 0 spiro atoms. The van der Waals surface area contributed by atoms with Crippen molar-refractivity contribution in [3.05, 3.63) is 52.3 Å². The van der Waals surface area contributed by atoms with Crippen LogP contribution >= 0.6 is 15.9 Å². The van der Waals surface area contributed by atoms with Gasteiger partial charge in [0.1, 0.15) is 6.04 Å². The van der Waals surface area contributed by atoms with Gasteiger partial charge in [0.15, 0.2) is 0 Å². The van der Waals surface area contributed by atoms with E-state index in [0.29, 0.717) is 19.7 Å². The molecule has 7 heteroatoms. The smallest absolute Gasteiger partial charge is 0.325 e. The van der Waals surface area contributed by atoms with Gasteiger partial charge in [0.25, 0.3) is 0 Å². The molecule has 6 nitrogen and oxygen atoms in total. The summed E-state index contributed by atoms with van der Waals surface area (Å²) >= 11 is 3.46. The zero-order chi connectivity index (χ0) is 16.4. The Morgan fingerprint density at radius 2 is 2.26 bits per heavy atom. The third-order valence-electron chi connectivity index (χ3n) is 3.99. The molecule has 0 saturated carbocycles. The summed E-state index contributed by atoms with van der Waals surface area (Å²) in [7, 11) is 1.85. The lowest BCUT2D eigenvalue weighted by atomic mass is 10.0. The lowest BCUT2D eigenvalue weighted by Crippen LogP contribution is -2.43. The summed E-state index contributed by atoms with van der Waals surface area (Å²) in [5.74, 6) is -0.858. The highest BCUT2D eigenvalue weighted by Gasteiger charge is 2.34. The van der Waals surface area contributed by atoms with Crippen molar-refractivity contribution in [1.82, 2.24) is 14.7 Å². The lowest BCUT2D eigenvalue weighted by Gasteiger charge is -2.36. The average molecular weight is 380 g/mol. The number of hydrogen-bond acceptors (Lipinski definition) is 4. The van der Waals surface area contributed by atoms with Gasteiger partial charge in [-0.3, -0.25) is 14.4 Å². The van der Waals surface area contributed by atoms with Gasteiger partial charge in [-0.15, -0.1) is 0 Å². The van der Waals surface area contributed by atoms with E-state index < -0.39 is 12.0 Å². The van der Waals surface area contributed by atoms with Gasteiger partial charge in [-0.1, -0.05) is 34.1 Å². The second-order valence-electron chi connectivity index (χ2n) is 5.56. The number of aromatic nitrogens is 2. The van der Waals surface area contributed by atoms with E-state index in [0.717, 1.165) is 15.6 Å². The Bertz CT molecular complexity index is 703. The Hall–Kier alpha value is -1.70. The summed E-state index contributed by atoms with van der Waals surface area (Å²) in [6, 6.07) is 6.75. The molecule has 0 bridgehead atoms. The summed E-state index contributed by atoms with van der Waals surface area (Å²) in [6.45, 7) is 1.59. The predicted octanol–water partition coefficient (Wildman–Crippen LogP) is 2.38. The fraction of sp³-hybridized carbons (Fsp3) is 0.375. The molecule has 1 fully saturated rings. The molecule has 0 amide bonds. The van der Waals surface area contributed by atoms with E-state index in [1.807, 2.05) is 42.4 Å². The Labute approximate surface area is 142 Å². The van der Waals surface area contributed by atoms with Crippen molar-refractivity contribution >= 4 is 21.9 Å². The number of carboxylic acid groups (broad SMARTS) is 1. The molecule has 1 aromatic carbocycles. The standard InChI is InChI=1S/C16H18BrN3O3/c1-19-9-11(8-18-19)14-10-20(6-7-23-14)15(16(21)22)12-4-2-3-5-13(12)17/h2-5,8-9,14-15H,6-7,10H2,1H3,(H,21,22). The molecule has 1 aliphatic heterocycles. The molecule has 23 heavy (non-hydrogen) atoms. The van der Waals surface area contributed by atoms with Crippen LogP contribution in [0.4, 0.5) is 0 Å². The maximum Gasteiger partial charge on any atom is 0.325 e. The molecule has 2 aromatic rings. The van der Waals surface area contributed by atoms with E-state index in [2.05, 4.69) is 21.0 Å².